The summed E-state index contributed by atoms with van der Waals surface area (Å²) in [5.41, 5.74) is 2.56. The number of benzene rings is 3. The lowest BCUT2D eigenvalue weighted by Crippen LogP contribution is -2.27. The van der Waals surface area contributed by atoms with Gasteiger partial charge in [-0.05, 0) is 29.8 Å². The minimum Gasteiger partial charge on any atom is -0.545 e. The Labute approximate surface area is 152 Å². The molecule has 0 unspecified atom stereocenters. The zero-order chi connectivity index (χ0) is 18.2. The Balaban J connectivity index is 0.000000185. The van der Waals surface area contributed by atoms with Gasteiger partial charge in [0.05, 0.1) is 5.97 Å². The monoisotopic (exact) mass is 342 g/mol. The summed E-state index contributed by atoms with van der Waals surface area (Å²) in [4.78, 5) is 10.1. The van der Waals surface area contributed by atoms with Gasteiger partial charge in [-0.1, -0.05) is 66.7 Å². The number of hydrogen-bond acceptors (Lipinski definition) is 2. The Morgan fingerprint density at radius 3 is 1.85 bits per heavy atom. The molecule has 1 aromatic heterocycles. The summed E-state index contributed by atoms with van der Waals surface area (Å²) in [6, 6.07) is 28.7. The van der Waals surface area contributed by atoms with Crippen molar-refractivity contribution in [2.24, 2.45) is 0 Å². The van der Waals surface area contributed by atoms with Crippen LogP contribution in [0.3, 0.4) is 0 Å². The van der Waals surface area contributed by atoms with Crippen molar-refractivity contribution in [1.29, 1.82) is 0 Å². The number of rotatable bonds is 3. The van der Waals surface area contributed by atoms with E-state index < -0.39 is 5.97 Å². The molecule has 4 rings (SSSR count). The molecule has 4 heteroatoms. The Morgan fingerprint density at radius 2 is 1.31 bits per heavy atom. The SMILES string of the molecule is O=C([O-])c1ccccc1.c1ccc(-n2cc[n+](-c3ccccc3)c2)cc1. The highest BCUT2D eigenvalue weighted by atomic mass is 16.4. The number of nitrogens with zero attached hydrogens (tertiary/aromatic N) is 2. The van der Waals surface area contributed by atoms with Crippen LogP contribution in [0, 0.1) is 0 Å². The van der Waals surface area contributed by atoms with E-state index in [9.17, 15) is 9.90 Å². The van der Waals surface area contributed by atoms with Crippen LogP contribution in [0.1, 0.15) is 10.4 Å². The standard InChI is InChI=1S/C15H13N2.C7H6O2/c1-3-7-14(8-4-1)16-11-12-17(13-16)15-9-5-2-6-10-15;8-7(9)6-4-2-1-3-5-6/h1-13H;1-5H,(H,8,9)/q+1;/p-1. The molecular weight excluding hydrogens is 324 g/mol. The molecule has 1 heterocycles. The average molecular weight is 342 g/mol. The third-order valence-electron chi connectivity index (χ3n) is 3.75. The van der Waals surface area contributed by atoms with Gasteiger partial charge in [-0.3, -0.25) is 0 Å². The molecule has 0 aliphatic rings. The summed E-state index contributed by atoms with van der Waals surface area (Å²) in [5.74, 6) is -1.13. The predicted molar refractivity (Wildman–Crippen MR) is 98.1 cm³/mol. The lowest BCUT2D eigenvalue weighted by atomic mass is 10.2. The molecule has 0 N–H and O–H groups in total. The molecule has 0 saturated carbocycles. The van der Waals surface area contributed by atoms with Crippen molar-refractivity contribution in [3.8, 4) is 11.4 Å². The lowest BCUT2D eigenvalue weighted by Gasteiger charge is -1.97. The van der Waals surface area contributed by atoms with Crippen LogP contribution in [0.25, 0.3) is 11.4 Å². The first kappa shape index (κ1) is 17.2. The van der Waals surface area contributed by atoms with E-state index >= 15 is 0 Å². The summed E-state index contributed by atoms with van der Waals surface area (Å²) in [6.45, 7) is 0. The van der Waals surface area contributed by atoms with Gasteiger partial charge in [-0.15, -0.1) is 0 Å². The maximum atomic E-state index is 10.1. The molecule has 4 aromatic rings. The molecule has 26 heavy (non-hydrogen) atoms. The summed E-state index contributed by atoms with van der Waals surface area (Å²) in [6.07, 6.45) is 6.19. The van der Waals surface area contributed by atoms with Gasteiger partial charge in [-0.25, -0.2) is 9.13 Å². The van der Waals surface area contributed by atoms with E-state index in [-0.39, 0.29) is 5.56 Å². The number of para-hydroxylation sites is 2. The topological polar surface area (TPSA) is 48.9 Å². The molecule has 3 aromatic carbocycles. The summed E-state index contributed by atoms with van der Waals surface area (Å²) >= 11 is 0. The van der Waals surface area contributed by atoms with E-state index in [4.69, 9.17) is 0 Å². The minimum atomic E-state index is -1.13. The number of aromatic carboxylic acids is 1. The Hall–Kier alpha value is -3.66. The van der Waals surface area contributed by atoms with E-state index in [0.717, 1.165) is 0 Å². The fraction of sp³-hybridized carbons (Fsp3) is 0. The van der Waals surface area contributed by atoms with Crippen LogP contribution in [0.4, 0.5) is 0 Å². The Morgan fingerprint density at radius 1 is 0.769 bits per heavy atom. The second-order valence-corrected chi connectivity index (χ2v) is 5.55. The lowest BCUT2D eigenvalue weighted by molar-refractivity contribution is -0.594. The number of carboxylic acids is 1. The molecule has 0 radical (unpaired) electrons. The van der Waals surface area contributed by atoms with Crippen LogP contribution in [-0.4, -0.2) is 10.5 Å². The van der Waals surface area contributed by atoms with Crippen LogP contribution in [0.15, 0.2) is 110 Å². The van der Waals surface area contributed by atoms with E-state index in [0.29, 0.717) is 0 Å². The third-order valence-corrected chi connectivity index (χ3v) is 3.75. The fourth-order valence-corrected chi connectivity index (χ4v) is 2.43. The van der Waals surface area contributed by atoms with Gasteiger partial charge in [0, 0.05) is 0 Å². The highest BCUT2D eigenvalue weighted by Gasteiger charge is 2.06. The van der Waals surface area contributed by atoms with Crippen LogP contribution in [0.2, 0.25) is 0 Å². The van der Waals surface area contributed by atoms with E-state index in [1.54, 1.807) is 18.2 Å². The van der Waals surface area contributed by atoms with Crippen LogP contribution in [0.5, 0.6) is 0 Å². The predicted octanol–water partition coefficient (Wildman–Crippen LogP) is 2.80. The van der Waals surface area contributed by atoms with Gasteiger partial charge in [-0.2, -0.15) is 0 Å². The number of carbonyl (C=O) groups excluding carboxylic acids is 1. The smallest absolute Gasteiger partial charge is 0.254 e. The zero-order valence-corrected chi connectivity index (χ0v) is 14.1. The van der Waals surface area contributed by atoms with Crippen molar-refractivity contribution < 1.29 is 14.5 Å². The second kappa shape index (κ2) is 8.44. The van der Waals surface area contributed by atoms with Gasteiger partial charge in [0.15, 0.2) is 0 Å². The highest BCUT2D eigenvalue weighted by Crippen LogP contribution is 2.06. The molecule has 0 aliphatic heterocycles. The number of hydrogen-bond donors (Lipinski definition) is 0. The van der Waals surface area contributed by atoms with Crippen LogP contribution in [-0.2, 0) is 0 Å². The molecule has 0 bridgehead atoms. The average Bonchev–Trinajstić information content (AvgIpc) is 3.21. The molecule has 0 amide bonds. The van der Waals surface area contributed by atoms with Gasteiger partial charge >= 0.3 is 0 Å². The van der Waals surface area contributed by atoms with E-state index in [1.807, 2.05) is 36.4 Å². The van der Waals surface area contributed by atoms with Crippen molar-refractivity contribution >= 4 is 5.97 Å². The first-order valence-electron chi connectivity index (χ1n) is 8.20. The van der Waals surface area contributed by atoms with E-state index in [1.165, 1.54) is 23.5 Å². The van der Waals surface area contributed by atoms with Crippen molar-refractivity contribution in [3.63, 3.8) is 0 Å². The van der Waals surface area contributed by atoms with Crippen LogP contribution >= 0.6 is 0 Å². The van der Waals surface area contributed by atoms with Gasteiger partial charge in [0.25, 0.3) is 6.33 Å². The highest BCUT2D eigenvalue weighted by molar-refractivity contribution is 5.85. The molecular formula is C22H18N2O2. The van der Waals surface area contributed by atoms with Gasteiger partial charge in [0.1, 0.15) is 23.8 Å². The number of carboxylic acid groups (broad SMARTS) is 1. The molecule has 0 atom stereocenters. The first-order chi connectivity index (χ1) is 12.7. The molecule has 128 valence electrons. The van der Waals surface area contributed by atoms with Gasteiger partial charge < -0.3 is 9.90 Å². The van der Waals surface area contributed by atoms with Gasteiger partial charge in [0.2, 0.25) is 0 Å². The fourth-order valence-electron chi connectivity index (χ4n) is 2.43. The maximum Gasteiger partial charge on any atom is 0.254 e. The minimum absolute atomic E-state index is 0.220. The molecule has 0 spiro atoms. The summed E-state index contributed by atoms with van der Waals surface area (Å²) in [7, 11) is 0. The largest absolute Gasteiger partial charge is 0.545 e. The number of carbonyl (C=O) groups is 1. The van der Waals surface area contributed by atoms with Crippen molar-refractivity contribution in [2.45, 2.75) is 0 Å². The summed E-state index contributed by atoms with van der Waals surface area (Å²) < 4.78 is 4.21. The van der Waals surface area contributed by atoms with Crippen molar-refractivity contribution in [3.05, 3.63) is 115 Å². The quantitative estimate of drug-likeness (QED) is 0.538. The maximum absolute atomic E-state index is 10.1. The van der Waals surface area contributed by atoms with E-state index in [2.05, 4.69) is 52.1 Å². The third kappa shape index (κ3) is 4.45. The van der Waals surface area contributed by atoms with Crippen LogP contribution < -0.4 is 9.67 Å². The second-order valence-electron chi connectivity index (χ2n) is 5.55. The number of imidazole rings is 1. The summed E-state index contributed by atoms with van der Waals surface area (Å²) in [5, 5.41) is 10.1. The molecule has 0 aliphatic carbocycles. The van der Waals surface area contributed by atoms with Crippen molar-refractivity contribution in [2.75, 3.05) is 0 Å². The molecule has 4 nitrogen and oxygen atoms in total. The Kier molecular flexibility index (Phi) is 5.58. The first-order valence-corrected chi connectivity index (χ1v) is 8.20. The number of aromatic nitrogens is 2. The normalized spacial score (nSPS) is 9.85. The molecule has 0 saturated heterocycles. The zero-order valence-electron chi connectivity index (χ0n) is 14.1. The molecule has 0 fully saturated rings. The van der Waals surface area contributed by atoms with Crippen molar-refractivity contribution in [1.82, 2.24) is 4.57 Å². The Bertz CT molecular complexity index is 895.